The molecule has 0 aromatic carbocycles. The topological polar surface area (TPSA) is 45.9 Å². The molecule has 0 aliphatic carbocycles. The molecular weight excluding hydrogens is 315 g/mol. The first-order valence-electron chi connectivity index (χ1n) is 3.89. The second kappa shape index (κ2) is 4.83. The number of halogens is 6. The molecule has 0 aliphatic heterocycles. The van der Waals surface area contributed by atoms with Crippen molar-refractivity contribution in [3.8, 4) is 11.8 Å². The number of ether oxygens (including phenoxy) is 1. The van der Waals surface area contributed by atoms with Crippen molar-refractivity contribution in [2.24, 2.45) is 0 Å². The highest BCUT2D eigenvalue weighted by molar-refractivity contribution is 9.10. The number of rotatable bonds is 2. The summed E-state index contributed by atoms with van der Waals surface area (Å²) in [6.45, 7) is 0. The Balaban J connectivity index is 3.34. The van der Waals surface area contributed by atoms with E-state index in [0.717, 1.165) is 0 Å². The maximum absolute atomic E-state index is 12.5. The number of aromatic nitrogens is 1. The summed E-state index contributed by atoms with van der Waals surface area (Å²) in [6.07, 6.45) is -8.35. The molecule has 0 bridgehead atoms. The number of nitriles is 1. The Bertz CT molecular complexity index is 468. The highest BCUT2D eigenvalue weighted by Gasteiger charge is 2.34. The molecule has 0 spiro atoms. The van der Waals surface area contributed by atoms with Gasteiger partial charge in [-0.25, -0.2) is 13.8 Å². The van der Waals surface area contributed by atoms with Crippen LogP contribution in [0.2, 0.25) is 0 Å². The molecular formula is C8H2BrF5N2O. The first-order chi connectivity index (χ1) is 7.74. The number of pyridine rings is 1. The lowest BCUT2D eigenvalue weighted by Gasteiger charge is -2.13. The van der Waals surface area contributed by atoms with E-state index in [1.807, 2.05) is 0 Å². The fourth-order valence-corrected chi connectivity index (χ4v) is 1.53. The van der Waals surface area contributed by atoms with E-state index in [1.54, 1.807) is 0 Å². The molecule has 9 heteroatoms. The van der Waals surface area contributed by atoms with E-state index in [9.17, 15) is 22.0 Å². The summed E-state index contributed by atoms with van der Waals surface area (Å²) in [6, 6.07) is 1.93. The van der Waals surface area contributed by atoms with Crippen molar-refractivity contribution >= 4 is 15.9 Å². The fraction of sp³-hybridized carbons (Fsp3) is 0.250. The van der Waals surface area contributed by atoms with Gasteiger partial charge in [0.05, 0.1) is 5.56 Å². The predicted molar refractivity (Wildman–Crippen MR) is 48.3 cm³/mol. The summed E-state index contributed by atoms with van der Waals surface area (Å²) in [7, 11) is 0. The molecule has 92 valence electrons. The van der Waals surface area contributed by atoms with E-state index in [0.29, 0.717) is 6.07 Å². The molecule has 0 atom stereocenters. The van der Waals surface area contributed by atoms with Crippen LogP contribution < -0.4 is 4.74 Å². The Morgan fingerprint density at radius 2 is 2.00 bits per heavy atom. The van der Waals surface area contributed by atoms with Crippen LogP contribution in [0.15, 0.2) is 10.7 Å². The summed E-state index contributed by atoms with van der Waals surface area (Å²) in [5, 5.41) is 8.46. The maximum Gasteiger partial charge on any atom is 0.573 e. The van der Waals surface area contributed by atoms with Gasteiger partial charge in [-0.3, -0.25) is 0 Å². The van der Waals surface area contributed by atoms with Crippen molar-refractivity contribution in [1.82, 2.24) is 4.98 Å². The molecule has 0 N–H and O–H groups in total. The van der Waals surface area contributed by atoms with Crippen molar-refractivity contribution in [3.05, 3.63) is 21.9 Å². The van der Waals surface area contributed by atoms with Crippen molar-refractivity contribution in [3.63, 3.8) is 0 Å². The lowest BCUT2D eigenvalue weighted by Crippen LogP contribution is -2.18. The highest BCUT2D eigenvalue weighted by atomic mass is 79.9. The largest absolute Gasteiger partial charge is 0.573 e. The normalized spacial score (nSPS) is 11.4. The first-order valence-corrected chi connectivity index (χ1v) is 4.68. The van der Waals surface area contributed by atoms with Gasteiger partial charge in [0.25, 0.3) is 6.43 Å². The molecule has 0 saturated heterocycles. The standard InChI is InChI=1S/C8H2BrF5N2O/c9-6-5(7(10)11)4(17-8(12,13)14)1-3(2-15)16-6/h1,7H. The average molecular weight is 317 g/mol. The van der Waals surface area contributed by atoms with Gasteiger partial charge in [0, 0.05) is 6.07 Å². The molecule has 1 aromatic heterocycles. The fourth-order valence-electron chi connectivity index (χ4n) is 0.966. The van der Waals surface area contributed by atoms with Crippen LogP contribution in [0.5, 0.6) is 5.75 Å². The monoisotopic (exact) mass is 316 g/mol. The van der Waals surface area contributed by atoms with E-state index in [2.05, 4.69) is 25.7 Å². The second-order valence-corrected chi connectivity index (χ2v) is 3.42. The summed E-state index contributed by atoms with van der Waals surface area (Å²) >= 11 is 2.56. The van der Waals surface area contributed by atoms with Crippen LogP contribution in [-0.4, -0.2) is 11.3 Å². The smallest absolute Gasteiger partial charge is 0.405 e. The highest BCUT2D eigenvalue weighted by Crippen LogP contribution is 2.37. The average Bonchev–Trinajstić information content (AvgIpc) is 2.13. The third kappa shape index (κ3) is 3.52. The molecule has 0 saturated carbocycles. The van der Waals surface area contributed by atoms with Crippen LogP contribution in [0, 0.1) is 11.3 Å². The van der Waals surface area contributed by atoms with Gasteiger partial charge >= 0.3 is 6.36 Å². The predicted octanol–water partition coefficient (Wildman–Crippen LogP) is 3.55. The van der Waals surface area contributed by atoms with Gasteiger partial charge in [-0.05, 0) is 15.9 Å². The van der Waals surface area contributed by atoms with Crippen molar-refractivity contribution < 1.29 is 26.7 Å². The zero-order valence-electron chi connectivity index (χ0n) is 7.73. The second-order valence-electron chi connectivity index (χ2n) is 2.67. The van der Waals surface area contributed by atoms with Crippen LogP contribution in [0.1, 0.15) is 17.7 Å². The molecule has 1 heterocycles. The lowest BCUT2D eigenvalue weighted by atomic mass is 10.2. The van der Waals surface area contributed by atoms with Gasteiger partial charge in [-0.2, -0.15) is 5.26 Å². The zero-order valence-corrected chi connectivity index (χ0v) is 9.31. The number of hydrogen-bond donors (Lipinski definition) is 0. The van der Waals surface area contributed by atoms with Gasteiger partial charge in [0.15, 0.2) is 0 Å². The molecule has 0 fully saturated rings. The van der Waals surface area contributed by atoms with Gasteiger partial charge in [-0.15, -0.1) is 13.2 Å². The number of nitrogens with zero attached hydrogens (tertiary/aromatic N) is 2. The van der Waals surface area contributed by atoms with Gasteiger partial charge in [0.1, 0.15) is 22.1 Å². The van der Waals surface area contributed by atoms with E-state index in [1.165, 1.54) is 6.07 Å². The Morgan fingerprint density at radius 1 is 1.41 bits per heavy atom. The van der Waals surface area contributed by atoms with Crippen LogP contribution in [0.3, 0.4) is 0 Å². The van der Waals surface area contributed by atoms with E-state index >= 15 is 0 Å². The molecule has 0 radical (unpaired) electrons. The van der Waals surface area contributed by atoms with Crippen LogP contribution in [0.25, 0.3) is 0 Å². The van der Waals surface area contributed by atoms with E-state index in [-0.39, 0.29) is 0 Å². The summed E-state index contributed by atoms with van der Waals surface area (Å²) in [5.41, 5.74) is -1.53. The first kappa shape index (κ1) is 13.6. The van der Waals surface area contributed by atoms with Crippen LogP contribution in [0.4, 0.5) is 22.0 Å². The molecule has 1 aromatic rings. The van der Waals surface area contributed by atoms with Crippen molar-refractivity contribution in [2.45, 2.75) is 12.8 Å². The Labute approximate surface area is 99.9 Å². The Hall–Kier alpha value is -1.43. The van der Waals surface area contributed by atoms with Crippen molar-refractivity contribution in [1.29, 1.82) is 5.26 Å². The van der Waals surface area contributed by atoms with Crippen LogP contribution >= 0.6 is 15.9 Å². The minimum atomic E-state index is -5.13. The van der Waals surface area contributed by atoms with Crippen LogP contribution in [-0.2, 0) is 0 Å². The number of hydrogen-bond acceptors (Lipinski definition) is 3. The molecule has 0 unspecified atom stereocenters. The lowest BCUT2D eigenvalue weighted by molar-refractivity contribution is -0.275. The summed E-state index contributed by atoms with van der Waals surface area (Å²) in [5.74, 6) is -1.15. The number of alkyl halides is 5. The van der Waals surface area contributed by atoms with Gasteiger partial charge in [-0.1, -0.05) is 0 Å². The maximum atomic E-state index is 12.5. The summed E-state index contributed by atoms with van der Waals surface area (Å²) in [4.78, 5) is 3.33. The zero-order chi connectivity index (χ0) is 13.2. The SMILES string of the molecule is N#Cc1cc(OC(F)(F)F)c(C(F)F)c(Br)n1. The van der Waals surface area contributed by atoms with E-state index in [4.69, 9.17) is 5.26 Å². The minimum absolute atomic E-state index is 0.472. The van der Waals surface area contributed by atoms with Gasteiger partial charge in [0.2, 0.25) is 0 Å². The Morgan fingerprint density at radius 3 is 2.41 bits per heavy atom. The molecule has 0 aliphatic rings. The molecule has 3 nitrogen and oxygen atoms in total. The quantitative estimate of drug-likeness (QED) is 0.619. The molecule has 1 rings (SSSR count). The summed E-state index contributed by atoms with van der Waals surface area (Å²) < 4.78 is 63.7. The van der Waals surface area contributed by atoms with E-state index < -0.39 is 34.4 Å². The molecule has 0 amide bonds. The molecule has 17 heavy (non-hydrogen) atoms. The van der Waals surface area contributed by atoms with Crippen molar-refractivity contribution in [2.75, 3.05) is 0 Å². The Kier molecular flexibility index (Phi) is 3.87. The third-order valence-corrected chi connectivity index (χ3v) is 2.14. The minimum Gasteiger partial charge on any atom is -0.405 e. The van der Waals surface area contributed by atoms with Gasteiger partial charge < -0.3 is 4.74 Å². The third-order valence-electron chi connectivity index (χ3n) is 1.53.